The van der Waals surface area contributed by atoms with Crippen LogP contribution < -0.4 is 0 Å². The smallest absolute Gasteiger partial charge is 0.189 e. The highest BCUT2D eigenvalue weighted by molar-refractivity contribution is 5.60. The van der Waals surface area contributed by atoms with Gasteiger partial charge >= 0.3 is 0 Å². The first-order valence-electron chi connectivity index (χ1n) is 8.88. The van der Waals surface area contributed by atoms with Crippen LogP contribution in [0.4, 0.5) is 0 Å². The zero-order chi connectivity index (χ0) is 15.6. The fourth-order valence-corrected chi connectivity index (χ4v) is 3.24. The van der Waals surface area contributed by atoms with Gasteiger partial charge in [0.2, 0.25) is 0 Å². The molecule has 0 amide bonds. The number of rotatable bonds is 11. The molecule has 0 fully saturated rings. The van der Waals surface area contributed by atoms with Gasteiger partial charge in [-0.3, -0.25) is 4.48 Å². The third kappa shape index (κ3) is 5.55. The Labute approximate surface area is 131 Å². The molecule has 0 aliphatic carbocycles. The molecule has 0 aromatic heterocycles. The molecule has 1 aliphatic heterocycles. The van der Waals surface area contributed by atoms with Crippen LogP contribution in [0.1, 0.15) is 72.1 Å². The van der Waals surface area contributed by atoms with Crippen molar-refractivity contribution in [2.45, 2.75) is 84.5 Å². The van der Waals surface area contributed by atoms with Crippen LogP contribution in [0.25, 0.3) is 0 Å². The molecule has 1 N–H and O–H groups in total. The second-order valence-electron chi connectivity index (χ2n) is 6.30. The van der Waals surface area contributed by atoms with Crippen molar-refractivity contribution in [3.63, 3.8) is 0 Å². The maximum absolute atomic E-state index is 10.1. The zero-order valence-electron chi connectivity index (χ0n) is 14.3. The monoisotopic (exact) mass is 295 g/mol. The highest BCUT2D eigenvalue weighted by Crippen LogP contribution is 2.26. The number of aliphatic imine (C=N–C) groups is 1. The van der Waals surface area contributed by atoms with E-state index in [4.69, 9.17) is 0 Å². The minimum Gasteiger partial charge on any atom is -0.345 e. The van der Waals surface area contributed by atoms with Gasteiger partial charge in [0.05, 0.1) is 12.8 Å². The zero-order valence-corrected chi connectivity index (χ0v) is 14.3. The van der Waals surface area contributed by atoms with Crippen LogP contribution in [-0.2, 0) is 0 Å². The summed E-state index contributed by atoms with van der Waals surface area (Å²) in [6, 6.07) is 0. The molecule has 3 atom stereocenters. The van der Waals surface area contributed by atoms with Crippen LogP contribution in [0.5, 0.6) is 0 Å². The maximum atomic E-state index is 10.1. The molecular formula is C18H35N2O+. The molecule has 122 valence electrons. The van der Waals surface area contributed by atoms with Crippen LogP contribution >= 0.6 is 0 Å². The van der Waals surface area contributed by atoms with Crippen molar-refractivity contribution in [2.24, 2.45) is 4.99 Å². The average Bonchev–Trinajstić information content (AvgIpc) is 2.89. The van der Waals surface area contributed by atoms with Crippen LogP contribution in [0.3, 0.4) is 0 Å². The molecule has 3 unspecified atom stereocenters. The van der Waals surface area contributed by atoms with Gasteiger partial charge in [-0.05, 0) is 32.6 Å². The van der Waals surface area contributed by atoms with E-state index in [2.05, 4.69) is 31.0 Å². The Kier molecular flexibility index (Phi) is 8.86. The molecule has 1 heterocycles. The van der Waals surface area contributed by atoms with Gasteiger partial charge in [-0.25, -0.2) is 4.99 Å². The summed E-state index contributed by atoms with van der Waals surface area (Å²) in [5, 5.41) is 10.1. The molecule has 1 rings (SSSR count). The summed E-state index contributed by atoms with van der Waals surface area (Å²) in [5.41, 5.74) is 0. The van der Waals surface area contributed by atoms with E-state index in [1.807, 2.05) is 13.1 Å². The largest absolute Gasteiger partial charge is 0.345 e. The van der Waals surface area contributed by atoms with E-state index in [0.717, 1.165) is 24.0 Å². The Morgan fingerprint density at radius 2 is 1.90 bits per heavy atom. The Bertz CT molecular complexity index is 325. The van der Waals surface area contributed by atoms with Crippen LogP contribution in [0, 0.1) is 0 Å². The van der Waals surface area contributed by atoms with Gasteiger partial charge in [0.1, 0.15) is 6.54 Å². The minimum atomic E-state index is -0.316. The van der Waals surface area contributed by atoms with Gasteiger partial charge in [-0.1, -0.05) is 38.3 Å². The minimum absolute atomic E-state index is 0.273. The van der Waals surface area contributed by atoms with Crippen LogP contribution in [0.2, 0.25) is 0 Å². The topological polar surface area (TPSA) is 32.6 Å². The van der Waals surface area contributed by atoms with Crippen molar-refractivity contribution < 1.29 is 9.59 Å². The van der Waals surface area contributed by atoms with Crippen molar-refractivity contribution in [3.05, 3.63) is 12.2 Å². The fraction of sp³-hybridized carbons (Fsp3) is 0.833. The van der Waals surface area contributed by atoms with Crippen molar-refractivity contribution >= 4 is 6.21 Å². The second kappa shape index (κ2) is 10.1. The Morgan fingerprint density at radius 3 is 2.52 bits per heavy atom. The van der Waals surface area contributed by atoms with Crippen molar-refractivity contribution in [2.75, 3.05) is 13.1 Å². The quantitative estimate of drug-likeness (QED) is 0.345. The number of nitrogens with zero attached hydrogens (tertiary/aromatic N) is 2. The molecule has 21 heavy (non-hydrogen) atoms. The number of aliphatic hydroxyl groups is 1. The van der Waals surface area contributed by atoms with Crippen molar-refractivity contribution in [1.82, 2.24) is 0 Å². The number of allylic oxidation sites excluding steroid dienone is 2. The summed E-state index contributed by atoms with van der Waals surface area (Å²) in [6.07, 6.45) is 16.6. The summed E-state index contributed by atoms with van der Waals surface area (Å²) >= 11 is 0. The number of quaternary nitrogens is 1. The third-order valence-corrected chi connectivity index (χ3v) is 4.85. The van der Waals surface area contributed by atoms with Crippen LogP contribution in [0.15, 0.2) is 17.1 Å². The normalized spacial score (nSPS) is 26.8. The van der Waals surface area contributed by atoms with Gasteiger partial charge in [0.15, 0.2) is 12.4 Å². The number of unbranched alkanes of at least 4 members (excludes halogenated alkanes) is 5. The summed E-state index contributed by atoms with van der Waals surface area (Å²) in [4.78, 5) is 4.62. The molecule has 0 spiro atoms. The lowest BCUT2D eigenvalue weighted by Crippen LogP contribution is -2.57. The lowest BCUT2D eigenvalue weighted by molar-refractivity contribution is -0.976. The molecule has 3 heteroatoms. The Hall–Kier alpha value is -0.670. The van der Waals surface area contributed by atoms with Crippen molar-refractivity contribution in [1.29, 1.82) is 0 Å². The van der Waals surface area contributed by atoms with Crippen LogP contribution in [-0.4, -0.2) is 41.3 Å². The number of hydrogen-bond acceptors (Lipinski definition) is 2. The fourth-order valence-electron chi connectivity index (χ4n) is 3.24. The second-order valence-corrected chi connectivity index (χ2v) is 6.30. The molecule has 0 aromatic carbocycles. The predicted molar refractivity (Wildman–Crippen MR) is 91.4 cm³/mol. The van der Waals surface area contributed by atoms with Gasteiger partial charge in [-0.15, -0.1) is 0 Å². The molecule has 0 radical (unpaired) electrons. The highest BCUT2D eigenvalue weighted by atomic mass is 16.3. The first-order valence-corrected chi connectivity index (χ1v) is 8.88. The van der Waals surface area contributed by atoms with E-state index in [1.54, 1.807) is 0 Å². The van der Waals surface area contributed by atoms with E-state index >= 15 is 0 Å². The van der Waals surface area contributed by atoms with Gasteiger partial charge in [-0.2, -0.15) is 0 Å². The molecule has 0 aromatic rings. The molecule has 3 nitrogen and oxygen atoms in total. The van der Waals surface area contributed by atoms with E-state index in [0.29, 0.717) is 0 Å². The van der Waals surface area contributed by atoms with Gasteiger partial charge in [0.25, 0.3) is 0 Å². The van der Waals surface area contributed by atoms with E-state index < -0.39 is 0 Å². The Balaban J connectivity index is 2.17. The average molecular weight is 295 g/mol. The first-order chi connectivity index (χ1) is 10.2. The van der Waals surface area contributed by atoms with E-state index in [-0.39, 0.29) is 12.4 Å². The summed E-state index contributed by atoms with van der Waals surface area (Å²) < 4.78 is 0.733. The van der Waals surface area contributed by atoms with Crippen molar-refractivity contribution in [3.8, 4) is 0 Å². The van der Waals surface area contributed by atoms with E-state index in [1.165, 1.54) is 44.9 Å². The standard InChI is InChI=1S/C18H35N2O/c1-4-6-7-8-9-10-11-12-13-14-18-19-15-16-20(18,5-2)17(3)21/h8-9,15,17-18,21H,4-7,10-14,16H2,1-3H3/q+1/b9-8+. The Morgan fingerprint density at radius 1 is 1.19 bits per heavy atom. The summed E-state index contributed by atoms with van der Waals surface area (Å²) in [5.74, 6) is 0. The summed E-state index contributed by atoms with van der Waals surface area (Å²) in [7, 11) is 0. The highest BCUT2D eigenvalue weighted by Gasteiger charge is 2.41. The SMILES string of the molecule is CCCC/C=C/CCCCCC1N=CC[N+]1(CC)C(C)O. The molecule has 0 saturated carbocycles. The number of aliphatic hydroxyl groups excluding tert-OH is 1. The van der Waals surface area contributed by atoms with Gasteiger partial charge < -0.3 is 5.11 Å². The molecule has 1 aliphatic rings. The molecule has 0 saturated heterocycles. The number of hydrogen-bond donors (Lipinski definition) is 1. The predicted octanol–water partition coefficient (Wildman–Crippen LogP) is 4.27. The summed E-state index contributed by atoms with van der Waals surface area (Å²) in [6.45, 7) is 8.16. The maximum Gasteiger partial charge on any atom is 0.189 e. The van der Waals surface area contributed by atoms with Gasteiger partial charge in [0, 0.05) is 13.3 Å². The lowest BCUT2D eigenvalue weighted by atomic mass is 10.1. The molecular weight excluding hydrogens is 260 g/mol. The van der Waals surface area contributed by atoms with E-state index in [9.17, 15) is 5.11 Å². The molecule has 0 bridgehead atoms. The lowest BCUT2D eigenvalue weighted by Gasteiger charge is -2.40. The first kappa shape index (κ1) is 18.4. The third-order valence-electron chi connectivity index (χ3n) is 4.85.